The molecule has 0 aromatic heterocycles. The molecule has 1 atom stereocenters. The first-order chi connectivity index (χ1) is 15.0. The molecule has 0 bridgehead atoms. The van der Waals surface area contributed by atoms with Gasteiger partial charge in [0.05, 0.1) is 0 Å². The van der Waals surface area contributed by atoms with Crippen molar-refractivity contribution in [1.82, 2.24) is 10.2 Å². The van der Waals surface area contributed by atoms with Crippen LogP contribution in [0.2, 0.25) is 0 Å². The Kier molecular flexibility index (Phi) is 8.04. The Morgan fingerprint density at radius 1 is 1.13 bits per heavy atom. The quantitative estimate of drug-likeness (QED) is 0.647. The molecule has 31 heavy (non-hydrogen) atoms. The number of nitrogens with one attached hydrogen (secondary N) is 1. The molecule has 1 N–H and O–H groups in total. The summed E-state index contributed by atoms with van der Waals surface area (Å²) in [5.41, 5.74) is 2.05. The zero-order valence-corrected chi connectivity index (χ0v) is 18.3. The maximum absolute atomic E-state index is 13.9. The number of ether oxygens (including phenoxy) is 1. The average molecular weight is 427 g/mol. The van der Waals surface area contributed by atoms with Gasteiger partial charge in [-0.05, 0) is 43.9 Å². The average Bonchev–Trinajstić information content (AvgIpc) is 3.27. The van der Waals surface area contributed by atoms with Crippen LogP contribution in [0.5, 0.6) is 5.75 Å². The summed E-state index contributed by atoms with van der Waals surface area (Å²) in [6, 6.07) is 13.4. The largest absolute Gasteiger partial charge is 0.481 e. The first-order valence-corrected chi connectivity index (χ1v) is 11.0. The highest BCUT2D eigenvalue weighted by molar-refractivity contribution is 5.88. The summed E-state index contributed by atoms with van der Waals surface area (Å²) in [5, 5.41) is 3.11. The van der Waals surface area contributed by atoms with Gasteiger partial charge in [0.15, 0.2) is 18.2 Å². The van der Waals surface area contributed by atoms with Crippen LogP contribution in [0.4, 0.5) is 4.39 Å². The van der Waals surface area contributed by atoms with Crippen LogP contribution in [-0.4, -0.2) is 35.4 Å². The second-order valence-electron chi connectivity index (χ2n) is 8.14. The molecule has 0 saturated heterocycles. The molecular weight excluding hydrogens is 395 g/mol. The third-order valence-electron chi connectivity index (χ3n) is 5.75. The molecule has 0 spiro atoms. The third-order valence-corrected chi connectivity index (χ3v) is 5.75. The molecule has 0 aliphatic heterocycles. The molecule has 5 nitrogen and oxygen atoms in total. The van der Waals surface area contributed by atoms with Crippen molar-refractivity contribution in [3.8, 4) is 5.75 Å². The Morgan fingerprint density at radius 3 is 2.45 bits per heavy atom. The van der Waals surface area contributed by atoms with Crippen LogP contribution in [0, 0.1) is 12.7 Å². The number of carbonyl (C=O) groups excluding carboxylic acids is 2. The maximum Gasteiger partial charge on any atom is 0.261 e. The Bertz CT molecular complexity index is 879. The van der Waals surface area contributed by atoms with E-state index in [0.29, 0.717) is 6.42 Å². The zero-order valence-electron chi connectivity index (χ0n) is 18.3. The maximum atomic E-state index is 13.9. The van der Waals surface area contributed by atoms with Gasteiger partial charge in [-0.25, -0.2) is 4.39 Å². The molecule has 2 aromatic rings. The molecule has 0 unspecified atom stereocenters. The van der Waals surface area contributed by atoms with E-state index in [1.165, 1.54) is 12.1 Å². The number of aryl methyl sites for hydroxylation is 1. The smallest absolute Gasteiger partial charge is 0.261 e. The molecule has 1 aliphatic carbocycles. The van der Waals surface area contributed by atoms with Crippen molar-refractivity contribution in [2.75, 3.05) is 6.61 Å². The van der Waals surface area contributed by atoms with Crippen LogP contribution in [0.15, 0.2) is 48.5 Å². The van der Waals surface area contributed by atoms with Gasteiger partial charge in [-0.15, -0.1) is 0 Å². The van der Waals surface area contributed by atoms with Crippen molar-refractivity contribution >= 4 is 11.8 Å². The Morgan fingerprint density at radius 2 is 1.81 bits per heavy atom. The lowest BCUT2D eigenvalue weighted by Crippen LogP contribution is -2.52. The van der Waals surface area contributed by atoms with Gasteiger partial charge in [-0.2, -0.15) is 0 Å². The minimum absolute atomic E-state index is 0.0228. The van der Waals surface area contributed by atoms with E-state index < -0.39 is 11.9 Å². The predicted octanol–water partition coefficient (Wildman–Crippen LogP) is 4.38. The lowest BCUT2D eigenvalue weighted by atomic mass is 10.1. The van der Waals surface area contributed by atoms with Crippen LogP contribution in [0.25, 0.3) is 0 Å². The summed E-state index contributed by atoms with van der Waals surface area (Å²) in [6.45, 7) is 3.85. The summed E-state index contributed by atoms with van der Waals surface area (Å²) in [5.74, 6) is -0.987. The van der Waals surface area contributed by atoms with E-state index in [4.69, 9.17) is 4.74 Å². The van der Waals surface area contributed by atoms with Crippen LogP contribution in [0.3, 0.4) is 0 Å². The van der Waals surface area contributed by atoms with E-state index in [1.54, 1.807) is 17.0 Å². The number of rotatable bonds is 9. The molecule has 0 radical (unpaired) electrons. The lowest BCUT2D eigenvalue weighted by Gasteiger charge is -2.31. The molecule has 2 amide bonds. The molecule has 1 saturated carbocycles. The lowest BCUT2D eigenvalue weighted by molar-refractivity contribution is -0.143. The van der Waals surface area contributed by atoms with Gasteiger partial charge in [0.2, 0.25) is 5.91 Å². The van der Waals surface area contributed by atoms with Gasteiger partial charge in [-0.3, -0.25) is 9.59 Å². The van der Waals surface area contributed by atoms with Crippen LogP contribution < -0.4 is 10.1 Å². The minimum atomic E-state index is -0.612. The Balaban J connectivity index is 1.76. The first kappa shape index (κ1) is 22.8. The van der Waals surface area contributed by atoms with Gasteiger partial charge in [-0.1, -0.05) is 61.7 Å². The molecule has 1 aliphatic rings. The Hall–Kier alpha value is -2.89. The van der Waals surface area contributed by atoms with Crippen molar-refractivity contribution in [2.24, 2.45) is 0 Å². The van der Waals surface area contributed by atoms with E-state index in [0.717, 1.165) is 36.8 Å². The highest BCUT2D eigenvalue weighted by Gasteiger charge is 2.31. The molecule has 3 rings (SSSR count). The molecular formula is C25H31FN2O3. The number of para-hydroxylation sites is 1. The fourth-order valence-electron chi connectivity index (χ4n) is 3.96. The van der Waals surface area contributed by atoms with Crippen molar-refractivity contribution in [3.05, 3.63) is 65.5 Å². The van der Waals surface area contributed by atoms with E-state index in [-0.39, 0.29) is 36.8 Å². The topological polar surface area (TPSA) is 58.6 Å². The molecule has 2 aromatic carbocycles. The van der Waals surface area contributed by atoms with Crippen molar-refractivity contribution < 1.29 is 18.7 Å². The summed E-state index contributed by atoms with van der Waals surface area (Å²) < 4.78 is 19.3. The van der Waals surface area contributed by atoms with Crippen LogP contribution in [0.1, 0.15) is 50.2 Å². The predicted molar refractivity (Wildman–Crippen MR) is 118 cm³/mol. The number of carbonyl (C=O) groups is 2. The molecule has 6 heteroatoms. The second kappa shape index (κ2) is 10.9. The normalized spacial score (nSPS) is 14.8. The van der Waals surface area contributed by atoms with Gasteiger partial charge in [0.1, 0.15) is 6.04 Å². The second-order valence-corrected chi connectivity index (χ2v) is 8.14. The minimum Gasteiger partial charge on any atom is -0.481 e. The van der Waals surface area contributed by atoms with Gasteiger partial charge in [0.25, 0.3) is 5.91 Å². The summed E-state index contributed by atoms with van der Waals surface area (Å²) in [7, 11) is 0. The van der Waals surface area contributed by atoms with Crippen LogP contribution in [-0.2, 0) is 16.1 Å². The number of benzene rings is 2. The zero-order chi connectivity index (χ0) is 22.2. The molecule has 1 fully saturated rings. The van der Waals surface area contributed by atoms with E-state index in [2.05, 4.69) is 5.32 Å². The monoisotopic (exact) mass is 426 g/mol. The van der Waals surface area contributed by atoms with Gasteiger partial charge >= 0.3 is 0 Å². The Labute approximate surface area is 183 Å². The summed E-state index contributed by atoms with van der Waals surface area (Å²) in [6.07, 6.45) is 4.67. The first-order valence-electron chi connectivity index (χ1n) is 11.0. The number of halogens is 1. The van der Waals surface area contributed by atoms with Crippen LogP contribution >= 0.6 is 0 Å². The van der Waals surface area contributed by atoms with E-state index in [9.17, 15) is 14.0 Å². The van der Waals surface area contributed by atoms with Gasteiger partial charge in [0, 0.05) is 12.6 Å². The third kappa shape index (κ3) is 6.29. The van der Waals surface area contributed by atoms with Gasteiger partial charge < -0.3 is 15.0 Å². The number of hydrogen-bond acceptors (Lipinski definition) is 3. The van der Waals surface area contributed by atoms with Crippen molar-refractivity contribution in [3.63, 3.8) is 0 Å². The van der Waals surface area contributed by atoms with Crippen molar-refractivity contribution in [1.29, 1.82) is 0 Å². The summed E-state index contributed by atoms with van der Waals surface area (Å²) >= 11 is 0. The highest BCUT2D eigenvalue weighted by Crippen LogP contribution is 2.20. The van der Waals surface area contributed by atoms with E-state index in [1.807, 2.05) is 38.1 Å². The highest BCUT2D eigenvalue weighted by atomic mass is 19.1. The van der Waals surface area contributed by atoms with E-state index >= 15 is 0 Å². The fraction of sp³-hybridized carbons (Fsp3) is 0.440. The SMILES string of the molecule is CC[C@H](C(=O)NC1CCCC1)N(Cc1ccc(C)cc1)C(=O)COc1ccccc1F. The standard InChI is InChI=1S/C25H31FN2O3/c1-3-22(25(30)27-20-8-4-5-9-20)28(16-19-14-12-18(2)13-15-19)24(29)17-31-23-11-7-6-10-21(23)26/h6-7,10-15,20,22H,3-5,8-9,16-17H2,1-2H3,(H,27,30)/t22-/m1/s1. The number of amides is 2. The fourth-order valence-corrected chi connectivity index (χ4v) is 3.96. The number of nitrogens with zero attached hydrogens (tertiary/aromatic N) is 1. The molecule has 166 valence electrons. The molecule has 0 heterocycles. The summed E-state index contributed by atoms with van der Waals surface area (Å²) in [4.78, 5) is 27.7. The number of hydrogen-bond donors (Lipinski definition) is 1. The van der Waals surface area contributed by atoms with Crippen molar-refractivity contribution in [2.45, 2.75) is 64.6 Å².